The van der Waals surface area contributed by atoms with Gasteiger partial charge in [-0.3, -0.25) is 35.0 Å². The van der Waals surface area contributed by atoms with Gasteiger partial charge in [0.2, 0.25) is 0 Å². The molecule has 6 rings (SSSR count). The van der Waals surface area contributed by atoms with Gasteiger partial charge in [-0.05, 0) is 71.8 Å². The minimum atomic E-state index is -0.894. The summed E-state index contributed by atoms with van der Waals surface area (Å²) in [7, 11) is 3.14. The number of aliphatic hydroxyl groups excluding tert-OH is 1. The summed E-state index contributed by atoms with van der Waals surface area (Å²) < 4.78 is 10.3. The van der Waals surface area contributed by atoms with Gasteiger partial charge in [-0.25, -0.2) is 0 Å². The van der Waals surface area contributed by atoms with Crippen molar-refractivity contribution in [2.75, 3.05) is 14.2 Å². The first kappa shape index (κ1) is 31.2. The first-order chi connectivity index (χ1) is 22.2. The molecule has 0 amide bonds. The van der Waals surface area contributed by atoms with Crippen molar-refractivity contribution in [2.24, 2.45) is 0 Å². The third kappa shape index (κ3) is 6.61. The maximum atomic E-state index is 12.7. The molecule has 46 heavy (non-hydrogen) atoms. The van der Waals surface area contributed by atoms with Gasteiger partial charge in [0, 0.05) is 70.7 Å². The summed E-state index contributed by atoms with van der Waals surface area (Å²) in [6, 6.07) is 25.5. The highest BCUT2D eigenvalue weighted by Crippen LogP contribution is 2.31. The Morgan fingerprint density at radius 2 is 1.20 bits per heavy atom. The number of non-ortho nitro benzene ring substituents is 2. The number of hydrogen-bond donors (Lipinski definition) is 1. The standard InChI is InChI=1S/C17H14N2O4.C17H12N2O4/c2*1-23-13-6-7-14-15(8-9-18-16(14)10-13)17(20)11-2-4-12(5-3-11)19(21)22/h2-10,17,20H,1H3;2-10H,1H3. The summed E-state index contributed by atoms with van der Waals surface area (Å²) in [6.45, 7) is 0. The molecule has 230 valence electrons. The van der Waals surface area contributed by atoms with Crippen LogP contribution in [0.2, 0.25) is 0 Å². The molecular weight excluding hydrogens is 592 g/mol. The molecule has 1 atom stereocenters. The van der Waals surface area contributed by atoms with Crippen LogP contribution in [-0.4, -0.2) is 44.9 Å². The molecule has 0 aliphatic rings. The number of pyridine rings is 2. The van der Waals surface area contributed by atoms with Gasteiger partial charge in [0.1, 0.15) is 17.6 Å². The van der Waals surface area contributed by atoms with Crippen LogP contribution in [0.25, 0.3) is 21.8 Å². The maximum Gasteiger partial charge on any atom is 0.269 e. The van der Waals surface area contributed by atoms with Gasteiger partial charge in [0.15, 0.2) is 5.78 Å². The van der Waals surface area contributed by atoms with Crippen LogP contribution in [-0.2, 0) is 0 Å². The highest BCUT2D eigenvalue weighted by atomic mass is 16.6. The quantitative estimate of drug-likeness (QED) is 0.111. The van der Waals surface area contributed by atoms with Crippen molar-refractivity contribution in [3.63, 3.8) is 0 Å². The Morgan fingerprint density at radius 3 is 1.74 bits per heavy atom. The summed E-state index contributed by atoms with van der Waals surface area (Å²) in [4.78, 5) is 41.6. The second-order valence-electron chi connectivity index (χ2n) is 9.91. The first-order valence-electron chi connectivity index (χ1n) is 13.8. The number of aromatic nitrogens is 2. The van der Waals surface area contributed by atoms with Crippen molar-refractivity contribution in [3.05, 3.63) is 152 Å². The fraction of sp³-hybridized carbons (Fsp3) is 0.0882. The average molecular weight is 619 g/mol. The fourth-order valence-corrected chi connectivity index (χ4v) is 4.82. The van der Waals surface area contributed by atoms with Crippen molar-refractivity contribution < 1.29 is 29.2 Å². The number of nitrogens with zero attached hydrogens (tertiary/aromatic N) is 4. The topological polar surface area (TPSA) is 168 Å². The van der Waals surface area contributed by atoms with E-state index < -0.39 is 16.0 Å². The number of fused-ring (bicyclic) bond motifs is 2. The van der Waals surface area contributed by atoms with Crippen molar-refractivity contribution in [1.29, 1.82) is 0 Å². The zero-order valence-electron chi connectivity index (χ0n) is 24.6. The van der Waals surface area contributed by atoms with Crippen LogP contribution < -0.4 is 9.47 Å². The Hall–Kier alpha value is -6.27. The van der Waals surface area contributed by atoms with Crippen LogP contribution in [0.5, 0.6) is 11.5 Å². The van der Waals surface area contributed by atoms with Crippen LogP contribution in [0.1, 0.15) is 33.2 Å². The van der Waals surface area contributed by atoms with Crippen molar-refractivity contribution >= 4 is 39.0 Å². The van der Waals surface area contributed by atoms with E-state index in [1.165, 1.54) is 36.4 Å². The van der Waals surface area contributed by atoms with Gasteiger partial charge in [-0.15, -0.1) is 0 Å². The normalized spacial score (nSPS) is 11.3. The molecule has 0 saturated carbocycles. The average Bonchev–Trinajstić information content (AvgIpc) is 3.10. The van der Waals surface area contributed by atoms with Gasteiger partial charge >= 0.3 is 0 Å². The lowest BCUT2D eigenvalue weighted by molar-refractivity contribution is -0.385. The number of hydrogen-bond acceptors (Lipinski definition) is 10. The lowest BCUT2D eigenvalue weighted by Gasteiger charge is -2.14. The second kappa shape index (κ2) is 13.6. The molecule has 0 aliphatic heterocycles. The highest BCUT2D eigenvalue weighted by Gasteiger charge is 2.17. The van der Waals surface area contributed by atoms with Crippen molar-refractivity contribution in [3.8, 4) is 11.5 Å². The minimum absolute atomic E-state index is 0.00901. The molecule has 0 bridgehead atoms. The zero-order chi connectivity index (χ0) is 32.8. The number of nitro benzene ring substituents is 2. The summed E-state index contributed by atoms with van der Waals surface area (Å²) in [6.07, 6.45) is 2.28. The van der Waals surface area contributed by atoms with Crippen LogP contribution in [0.3, 0.4) is 0 Å². The molecular formula is C34H26N4O8. The Kier molecular flexibility index (Phi) is 9.20. The van der Waals surface area contributed by atoms with E-state index in [1.54, 1.807) is 81.2 Å². The number of aliphatic hydroxyl groups is 1. The molecule has 0 aliphatic carbocycles. The second-order valence-corrected chi connectivity index (χ2v) is 9.91. The van der Waals surface area contributed by atoms with Crippen molar-refractivity contribution in [2.45, 2.75) is 6.10 Å². The monoisotopic (exact) mass is 618 g/mol. The first-order valence-corrected chi connectivity index (χ1v) is 13.8. The Balaban J connectivity index is 0.000000181. The van der Waals surface area contributed by atoms with Crippen LogP contribution in [0.15, 0.2) is 109 Å². The van der Waals surface area contributed by atoms with Crippen molar-refractivity contribution in [1.82, 2.24) is 9.97 Å². The molecule has 1 unspecified atom stereocenters. The molecule has 2 aromatic heterocycles. The Morgan fingerprint density at radius 1 is 0.696 bits per heavy atom. The molecule has 0 radical (unpaired) electrons. The fourth-order valence-electron chi connectivity index (χ4n) is 4.82. The number of carbonyl (C=O) groups excluding carboxylic acids is 1. The van der Waals surface area contributed by atoms with Crippen LogP contribution in [0, 0.1) is 20.2 Å². The molecule has 6 aromatic rings. The molecule has 12 nitrogen and oxygen atoms in total. The third-order valence-corrected chi connectivity index (χ3v) is 7.23. The predicted molar refractivity (Wildman–Crippen MR) is 170 cm³/mol. The number of benzene rings is 4. The molecule has 0 saturated heterocycles. The molecule has 4 aromatic carbocycles. The summed E-state index contributed by atoms with van der Waals surface area (Å²) >= 11 is 0. The number of carbonyl (C=O) groups is 1. The van der Waals surface area contributed by atoms with Crippen LogP contribution in [0.4, 0.5) is 11.4 Å². The van der Waals surface area contributed by atoms with E-state index in [4.69, 9.17) is 9.47 Å². The third-order valence-electron chi connectivity index (χ3n) is 7.23. The van der Waals surface area contributed by atoms with E-state index in [1.807, 2.05) is 6.07 Å². The number of nitro groups is 2. The molecule has 0 fully saturated rings. The van der Waals surface area contributed by atoms with Gasteiger partial charge < -0.3 is 14.6 Å². The lowest BCUT2D eigenvalue weighted by atomic mass is 9.98. The van der Waals surface area contributed by atoms with Gasteiger partial charge in [-0.2, -0.15) is 0 Å². The zero-order valence-corrected chi connectivity index (χ0v) is 24.6. The maximum absolute atomic E-state index is 12.7. The van der Waals surface area contributed by atoms with E-state index >= 15 is 0 Å². The summed E-state index contributed by atoms with van der Waals surface area (Å²) in [5.41, 5.74) is 3.45. The minimum Gasteiger partial charge on any atom is -0.497 e. The number of ether oxygens (including phenoxy) is 2. The Labute approximate surface area is 261 Å². The lowest BCUT2D eigenvalue weighted by Crippen LogP contribution is -2.03. The van der Waals surface area contributed by atoms with Crippen LogP contribution >= 0.6 is 0 Å². The number of methoxy groups -OCH3 is 2. The van der Waals surface area contributed by atoms with E-state index in [-0.39, 0.29) is 17.2 Å². The smallest absolute Gasteiger partial charge is 0.269 e. The molecule has 2 heterocycles. The van der Waals surface area contributed by atoms with Gasteiger partial charge in [-0.1, -0.05) is 0 Å². The van der Waals surface area contributed by atoms with Gasteiger partial charge in [0.25, 0.3) is 11.4 Å². The summed E-state index contributed by atoms with van der Waals surface area (Å²) in [5, 5.41) is 33.5. The molecule has 0 spiro atoms. The predicted octanol–water partition coefficient (Wildman–Crippen LogP) is 6.62. The SMILES string of the molecule is COc1ccc2c(C(=O)c3ccc([N+](=O)[O-])cc3)ccnc2c1.COc1ccc2c(C(O)c3ccc([N+](=O)[O-])cc3)ccnc2c1. The molecule has 1 N–H and O–H groups in total. The Bertz CT molecular complexity index is 2070. The summed E-state index contributed by atoms with van der Waals surface area (Å²) in [5.74, 6) is 1.13. The van der Waals surface area contributed by atoms with E-state index in [0.717, 1.165) is 5.39 Å². The van der Waals surface area contributed by atoms with Gasteiger partial charge in [0.05, 0.1) is 35.1 Å². The number of rotatable bonds is 8. The van der Waals surface area contributed by atoms with E-state index in [0.29, 0.717) is 50.2 Å². The highest BCUT2D eigenvalue weighted by molar-refractivity contribution is 6.16. The molecule has 12 heteroatoms. The largest absolute Gasteiger partial charge is 0.497 e. The van der Waals surface area contributed by atoms with E-state index in [2.05, 4.69) is 9.97 Å². The number of ketones is 1. The van der Waals surface area contributed by atoms with E-state index in [9.17, 15) is 30.1 Å².